The molecule has 0 aliphatic heterocycles. The molecule has 1 atom stereocenters. The summed E-state index contributed by atoms with van der Waals surface area (Å²) in [6.45, 7) is 7.23. The van der Waals surface area contributed by atoms with E-state index in [2.05, 4.69) is 0 Å². The fraction of sp³-hybridized carbons (Fsp3) is 0.571. The molecule has 192 valence electrons. The molecule has 0 bridgehead atoms. The second kappa shape index (κ2) is 11.9. The minimum Gasteiger partial charge on any atom is -0.481 e. The lowest BCUT2D eigenvalue weighted by molar-refractivity contribution is -0.147. The van der Waals surface area contributed by atoms with Gasteiger partial charge in [0.1, 0.15) is 0 Å². The number of Topliss-reactive ketones (excluding diaryl/α,β-unsaturated/α-hetero) is 1. The molecule has 35 heavy (non-hydrogen) atoms. The van der Waals surface area contributed by atoms with Gasteiger partial charge in [0, 0.05) is 17.8 Å². The van der Waals surface area contributed by atoms with E-state index < -0.39 is 17.5 Å². The first kappa shape index (κ1) is 28.6. The Morgan fingerprint density at radius 2 is 1.31 bits per heavy atom. The molecule has 7 nitrogen and oxygen atoms in total. The van der Waals surface area contributed by atoms with Crippen LogP contribution < -0.4 is 0 Å². The van der Waals surface area contributed by atoms with E-state index in [4.69, 9.17) is 0 Å². The number of ketones is 3. The maximum atomic E-state index is 12.9. The predicted octanol–water partition coefficient (Wildman–Crippen LogP) is 4.04. The second-order valence-corrected chi connectivity index (χ2v) is 11.0. The molecular formula is C28H38O7. The molecular weight excluding hydrogens is 448 g/mol. The molecule has 0 spiro atoms. The van der Waals surface area contributed by atoms with Gasteiger partial charge in [-0.1, -0.05) is 13.8 Å². The normalized spacial score (nSPS) is 19.3. The molecule has 0 amide bonds. The Balaban J connectivity index is 1.96. The van der Waals surface area contributed by atoms with Gasteiger partial charge in [0.2, 0.25) is 0 Å². The maximum absolute atomic E-state index is 12.9. The molecule has 0 saturated carbocycles. The summed E-state index contributed by atoms with van der Waals surface area (Å²) in [6, 6.07) is 0. The van der Waals surface area contributed by atoms with Crippen molar-refractivity contribution in [2.24, 2.45) is 10.8 Å². The standard InChI is InChI=1S/C28H38O7/c1-27(2,17-29)11-5-7-18-13-22(30)15-20(24(18)32)9-10-21-16-23(31)14-19(25(21)33)8-6-12-28(3,4)26(34)35/h13-16,25,29,33H,5-12,17H2,1-4H3,(H,34,35). The van der Waals surface area contributed by atoms with E-state index in [1.165, 1.54) is 24.3 Å². The van der Waals surface area contributed by atoms with Crippen LogP contribution in [-0.2, 0) is 19.2 Å². The van der Waals surface area contributed by atoms with Crippen LogP contribution in [0.1, 0.15) is 79.1 Å². The summed E-state index contributed by atoms with van der Waals surface area (Å²) >= 11 is 0. The van der Waals surface area contributed by atoms with Crippen LogP contribution in [-0.4, -0.2) is 51.3 Å². The fourth-order valence-electron chi connectivity index (χ4n) is 4.27. The van der Waals surface area contributed by atoms with Gasteiger partial charge in [-0.3, -0.25) is 19.2 Å². The third-order valence-corrected chi connectivity index (χ3v) is 6.83. The van der Waals surface area contributed by atoms with Crippen LogP contribution in [0.15, 0.2) is 46.6 Å². The molecule has 0 aromatic rings. The van der Waals surface area contributed by atoms with Gasteiger partial charge in [0.15, 0.2) is 17.3 Å². The zero-order valence-corrected chi connectivity index (χ0v) is 21.2. The average Bonchev–Trinajstić information content (AvgIpc) is 2.77. The van der Waals surface area contributed by atoms with Gasteiger partial charge in [-0.25, -0.2) is 0 Å². The predicted molar refractivity (Wildman–Crippen MR) is 133 cm³/mol. The van der Waals surface area contributed by atoms with Crippen LogP contribution in [0.4, 0.5) is 0 Å². The number of rotatable bonds is 13. The van der Waals surface area contributed by atoms with E-state index in [9.17, 15) is 34.5 Å². The molecule has 0 heterocycles. The van der Waals surface area contributed by atoms with Crippen LogP contribution in [0.2, 0.25) is 0 Å². The number of aliphatic carboxylic acids is 1. The molecule has 0 aromatic heterocycles. The first-order chi connectivity index (χ1) is 16.3. The molecule has 0 aromatic carbocycles. The van der Waals surface area contributed by atoms with Crippen molar-refractivity contribution in [1.82, 2.24) is 0 Å². The minimum absolute atomic E-state index is 0.0496. The molecule has 0 saturated heterocycles. The number of carbonyl (C=O) groups is 4. The number of hydrogen-bond acceptors (Lipinski definition) is 6. The minimum atomic E-state index is -0.966. The molecule has 2 aliphatic rings. The molecule has 2 rings (SSSR count). The summed E-state index contributed by atoms with van der Waals surface area (Å²) < 4.78 is 0. The highest BCUT2D eigenvalue weighted by Crippen LogP contribution is 2.31. The first-order valence-corrected chi connectivity index (χ1v) is 12.2. The number of carboxylic acids is 1. The van der Waals surface area contributed by atoms with Gasteiger partial charge in [0.05, 0.1) is 11.5 Å². The summed E-state index contributed by atoms with van der Waals surface area (Å²) in [6.07, 6.45) is 8.18. The lowest BCUT2D eigenvalue weighted by Crippen LogP contribution is -2.24. The second-order valence-electron chi connectivity index (χ2n) is 11.0. The van der Waals surface area contributed by atoms with E-state index in [1.807, 2.05) is 13.8 Å². The van der Waals surface area contributed by atoms with Crippen molar-refractivity contribution in [3.05, 3.63) is 46.6 Å². The summed E-state index contributed by atoms with van der Waals surface area (Å²) in [7, 11) is 0. The van der Waals surface area contributed by atoms with E-state index >= 15 is 0 Å². The van der Waals surface area contributed by atoms with Crippen molar-refractivity contribution < 1.29 is 34.5 Å². The van der Waals surface area contributed by atoms with Crippen LogP contribution in [0.5, 0.6) is 0 Å². The Morgan fingerprint density at radius 3 is 1.89 bits per heavy atom. The van der Waals surface area contributed by atoms with Gasteiger partial charge in [-0.15, -0.1) is 0 Å². The summed E-state index contributed by atoms with van der Waals surface area (Å²) in [4.78, 5) is 48.6. The Morgan fingerprint density at radius 1 is 0.800 bits per heavy atom. The summed E-state index contributed by atoms with van der Waals surface area (Å²) in [5.41, 5.74) is 0.729. The number of allylic oxidation sites excluding steroid dienone is 6. The maximum Gasteiger partial charge on any atom is 0.309 e. The van der Waals surface area contributed by atoms with Crippen LogP contribution >= 0.6 is 0 Å². The van der Waals surface area contributed by atoms with Gasteiger partial charge >= 0.3 is 5.97 Å². The average molecular weight is 487 g/mol. The number of aliphatic hydroxyl groups excluding tert-OH is 2. The van der Waals surface area contributed by atoms with Gasteiger partial charge in [0.25, 0.3) is 0 Å². The highest BCUT2D eigenvalue weighted by molar-refractivity contribution is 6.20. The van der Waals surface area contributed by atoms with Crippen molar-refractivity contribution >= 4 is 23.3 Å². The molecule has 1 unspecified atom stereocenters. The molecule has 0 radical (unpaired) electrons. The van der Waals surface area contributed by atoms with Crippen LogP contribution in [0.3, 0.4) is 0 Å². The van der Waals surface area contributed by atoms with Gasteiger partial charge in [-0.05, 0) is 106 Å². The summed E-state index contributed by atoms with van der Waals surface area (Å²) in [5.74, 6) is -1.56. The zero-order chi connectivity index (χ0) is 26.4. The van der Waals surface area contributed by atoms with Crippen LogP contribution in [0.25, 0.3) is 0 Å². The third kappa shape index (κ3) is 8.22. The largest absolute Gasteiger partial charge is 0.481 e. The monoisotopic (exact) mass is 486 g/mol. The van der Waals surface area contributed by atoms with Crippen LogP contribution in [0, 0.1) is 10.8 Å². The zero-order valence-electron chi connectivity index (χ0n) is 21.2. The quantitative estimate of drug-likeness (QED) is 0.335. The van der Waals surface area contributed by atoms with Crippen molar-refractivity contribution in [2.75, 3.05) is 6.61 Å². The Hall–Kier alpha value is -2.64. The topological polar surface area (TPSA) is 129 Å². The highest BCUT2D eigenvalue weighted by atomic mass is 16.4. The number of carbonyl (C=O) groups excluding carboxylic acids is 3. The van der Waals surface area contributed by atoms with Crippen molar-refractivity contribution in [1.29, 1.82) is 0 Å². The van der Waals surface area contributed by atoms with E-state index in [0.29, 0.717) is 54.4 Å². The molecule has 0 fully saturated rings. The highest BCUT2D eigenvalue weighted by Gasteiger charge is 2.29. The summed E-state index contributed by atoms with van der Waals surface area (Å²) in [5, 5.41) is 29.5. The fourth-order valence-corrected chi connectivity index (χ4v) is 4.27. The first-order valence-electron chi connectivity index (χ1n) is 12.2. The Labute approximate surface area is 207 Å². The van der Waals surface area contributed by atoms with Crippen molar-refractivity contribution in [2.45, 2.75) is 85.2 Å². The van der Waals surface area contributed by atoms with Crippen molar-refractivity contribution in [3.8, 4) is 0 Å². The Bertz CT molecular complexity index is 989. The molecule has 2 aliphatic carbocycles. The lowest BCUT2D eigenvalue weighted by Gasteiger charge is -2.24. The smallest absolute Gasteiger partial charge is 0.309 e. The van der Waals surface area contributed by atoms with Gasteiger partial charge in [-0.2, -0.15) is 0 Å². The SMILES string of the molecule is CC(C)(CO)CCCC1=CC(=O)C=C(CCC2=CC(=O)C=C(CCCC(C)(C)C(=O)O)C2O)C1=O. The number of aliphatic hydroxyl groups is 2. The molecule has 7 heteroatoms. The lowest BCUT2D eigenvalue weighted by atomic mass is 9.82. The van der Waals surface area contributed by atoms with E-state index in [-0.39, 0.29) is 42.2 Å². The van der Waals surface area contributed by atoms with Gasteiger partial charge < -0.3 is 15.3 Å². The van der Waals surface area contributed by atoms with Crippen molar-refractivity contribution in [3.63, 3.8) is 0 Å². The molecule has 3 N–H and O–H groups in total. The van der Waals surface area contributed by atoms with E-state index in [0.717, 1.165) is 6.42 Å². The van der Waals surface area contributed by atoms with E-state index in [1.54, 1.807) is 13.8 Å². The number of carboxylic acid groups (broad SMARTS) is 1. The number of hydrogen-bond donors (Lipinski definition) is 3. The third-order valence-electron chi connectivity index (χ3n) is 6.83. The Kier molecular flexibility index (Phi) is 9.69.